The van der Waals surface area contributed by atoms with Crippen LogP contribution in [0.5, 0.6) is 0 Å². The summed E-state index contributed by atoms with van der Waals surface area (Å²) in [6, 6.07) is 0. The van der Waals surface area contributed by atoms with Crippen LogP contribution in [0.2, 0.25) is 0 Å². The molecule has 0 atom stereocenters. The van der Waals surface area contributed by atoms with Gasteiger partial charge in [0, 0.05) is 32.2 Å². The van der Waals surface area contributed by atoms with E-state index in [-0.39, 0.29) is 31.6 Å². The molecule has 1 aliphatic heterocycles. The topological polar surface area (TPSA) is 92.8 Å². The maximum absolute atomic E-state index is 11.5. The lowest BCUT2D eigenvalue weighted by molar-refractivity contribution is -0.197. The van der Waals surface area contributed by atoms with Gasteiger partial charge >= 0.3 is 5.97 Å². The number of carbonyl (C=O) groups is 4. The molecule has 1 saturated heterocycles. The Morgan fingerprint density at radius 1 is 1.19 bits per heavy atom. The van der Waals surface area contributed by atoms with E-state index in [4.69, 9.17) is 4.84 Å². The fraction of sp³-hybridized carbons (Fsp3) is 0.714. The third-order valence-corrected chi connectivity index (χ3v) is 3.03. The Morgan fingerprint density at radius 3 is 2.38 bits per heavy atom. The minimum atomic E-state index is -0.673. The fourth-order valence-electron chi connectivity index (χ4n) is 1.79. The standard InChI is InChI=1S/C14H22N2O5/c1-10(2)8-9-15-11(17)4-3-5-14(20)21-16-12(18)6-7-13(16)19/h10H,3-9H2,1-2H3,(H,15,17). The monoisotopic (exact) mass is 298 g/mol. The van der Waals surface area contributed by atoms with Crippen molar-refractivity contribution in [3.8, 4) is 0 Å². The van der Waals surface area contributed by atoms with E-state index in [1.807, 2.05) is 0 Å². The number of hydroxylamine groups is 2. The first-order valence-electron chi connectivity index (χ1n) is 7.23. The second-order valence-corrected chi connectivity index (χ2v) is 5.43. The van der Waals surface area contributed by atoms with Crippen molar-refractivity contribution in [2.45, 2.75) is 52.4 Å². The predicted molar refractivity (Wildman–Crippen MR) is 73.5 cm³/mol. The average Bonchev–Trinajstić information content (AvgIpc) is 2.70. The summed E-state index contributed by atoms with van der Waals surface area (Å²) in [5, 5.41) is 3.28. The van der Waals surface area contributed by atoms with Gasteiger partial charge in [0.1, 0.15) is 0 Å². The molecule has 21 heavy (non-hydrogen) atoms. The molecule has 7 heteroatoms. The molecule has 0 aromatic rings. The molecular formula is C14H22N2O5. The quantitative estimate of drug-likeness (QED) is 0.673. The van der Waals surface area contributed by atoms with Crippen LogP contribution in [0.4, 0.5) is 0 Å². The number of hydrogen-bond acceptors (Lipinski definition) is 5. The van der Waals surface area contributed by atoms with Crippen molar-refractivity contribution in [1.82, 2.24) is 10.4 Å². The minimum absolute atomic E-state index is 0.00530. The number of amides is 3. The minimum Gasteiger partial charge on any atom is -0.356 e. The van der Waals surface area contributed by atoms with Gasteiger partial charge in [0.15, 0.2) is 0 Å². The first-order chi connectivity index (χ1) is 9.90. The van der Waals surface area contributed by atoms with E-state index >= 15 is 0 Å². The van der Waals surface area contributed by atoms with Crippen LogP contribution in [0.15, 0.2) is 0 Å². The number of nitrogens with zero attached hydrogens (tertiary/aromatic N) is 1. The van der Waals surface area contributed by atoms with Crippen LogP contribution in [0.3, 0.4) is 0 Å². The summed E-state index contributed by atoms with van der Waals surface area (Å²) < 4.78 is 0. The molecule has 1 N–H and O–H groups in total. The van der Waals surface area contributed by atoms with Gasteiger partial charge in [-0.1, -0.05) is 13.8 Å². The van der Waals surface area contributed by atoms with Crippen LogP contribution in [0, 0.1) is 5.92 Å². The van der Waals surface area contributed by atoms with Gasteiger partial charge in [-0.3, -0.25) is 14.4 Å². The maximum atomic E-state index is 11.5. The molecule has 7 nitrogen and oxygen atoms in total. The smallest absolute Gasteiger partial charge is 0.333 e. The van der Waals surface area contributed by atoms with Gasteiger partial charge in [0.25, 0.3) is 11.8 Å². The molecule has 0 spiro atoms. The predicted octanol–water partition coefficient (Wildman–Crippen LogP) is 0.926. The van der Waals surface area contributed by atoms with Crippen LogP contribution >= 0.6 is 0 Å². The SMILES string of the molecule is CC(C)CCNC(=O)CCCC(=O)ON1C(=O)CCC1=O. The summed E-state index contributed by atoms with van der Waals surface area (Å²) in [7, 11) is 0. The highest BCUT2D eigenvalue weighted by atomic mass is 16.7. The molecule has 1 heterocycles. The van der Waals surface area contributed by atoms with Gasteiger partial charge in [-0.15, -0.1) is 5.06 Å². The van der Waals surface area contributed by atoms with Crippen LogP contribution in [0.25, 0.3) is 0 Å². The van der Waals surface area contributed by atoms with Crippen molar-refractivity contribution in [2.75, 3.05) is 6.54 Å². The van der Waals surface area contributed by atoms with Crippen molar-refractivity contribution in [3.63, 3.8) is 0 Å². The summed E-state index contributed by atoms with van der Waals surface area (Å²) in [6.07, 6.45) is 1.59. The lowest BCUT2D eigenvalue weighted by Crippen LogP contribution is -2.32. The highest BCUT2D eigenvalue weighted by Gasteiger charge is 2.32. The van der Waals surface area contributed by atoms with Crippen molar-refractivity contribution in [1.29, 1.82) is 0 Å². The summed E-state index contributed by atoms with van der Waals surface area (Å²) in [6.45, 7) is 4.77. The van der Waals surface area contributed by atoms with Gasteiger partial charge in [-0.2, -0.15) is 0 Å². The van der Waals surface area contributed by atoms with Gasteiger partial charge in [-0.25, -0.2) is 4.79 Å². The second kappa shape index (κ2) is 8.39. The highest BCUT2D eigenvalue weighted by molar-refractivity contribution is 6.01. The van der Waals surface area contributed by atoms with Crippen LogP contribution in [0.1, 0.15) is 52.4 Å². The molecule has 0 aromatic heterocycles. The van der Waals surface area contributed by atoms with Crippen LogP contribution < -0.4 is 5.32 Å². The third-order valence-electron chi connectivity index (χ3n) is 3.03. The zero-order chi connectivity index (χ0) is 15.8. The Kier molecular flexibility index (Phi) is 6.84. The molecule has 0 bridgehead atoms. The van der Waals surface area contributed by atoms with E-state index in [0.717, 1.165) is 6.42 Å². The average molecular weight is 298 g/mol. The summed E-state index contributed by atoms with van der Waals surface area (Å²) >= 11 is 0. The van der Waals surface area contributed by atoms with Gasteiger partial charge in [0.2, 0.25) is 5.91 Å². The molecule has 1 fully saturated rings. The number of rotatable bonds is 8. The number of hydrogen-bond donors (Lipinski definition) is 1. The Labute approximate surface area is 124 Å². The van der Waals surface area contributed by atoms with E-state index < -0.39 is 17.8 Å². The van der Waals surface area contributed by atoms with Gasteiger partial charge in [0.05, 0.1) is 0 Å². The summed E-state index contributed by atoms with van der Waals surface area (Å²) in [5.41, 5.74) is 0. The van der Waals surface area contributed by atoms with E-state index in [9.17, 15) is 19.2 Å². The number of carbonyl (C=O) groups excluding carboxylic acids is 4. The third kappa shape index (κ3) is 6.37. The zero-order valence-corrected chi connectivity index (χ0v) is 12.5. The maximum Gasteiger partial charge on any atom is 0.333 e. The molecule has 1 rings (SSSR count). The van der Waals surface area contributed by atoms with Crippen LogP contribution in [-0.4, -0.2) is 35.3 Å². The molecular weight excluding hydrogens is 276 g/mol. The Morgan fingerprint density at radius 2 is 1.81 bits per heavy atom. The molecule has 3 amide bonds. The Balaban J connectivity index is 2.14. The van der Waals surface area contributed by atoms with Crippen molar-refractivity contribution in [3.05, 3.63) is 0 Å². The zero-order valence-electron chi connectivity index (χ0n) is 12.5. The molecule has 0 radical (unpaired) electrons. The van der Waals surface area contributed by atoms with Gasteiger partial charge < -0.3 is 10.2 Å². The number of nitrogens with one attached hydrogen (secondary N) is 1. The molecule has 0 aromatic carbocycles. The second-order valence-electron chi connectivity index (χ2n) is 5.43. The van der Waals surface area contributed by atoms with Crippen molar-refractivity contribution in [2.24, 2.45) is 5.92 Å². The first kappa shape index (κ1) is 17.1. The summed E-state index contributed by atoms with van der Waals surface area (Å²) in [5.74, 6) is -1.26. The highest BCUT2D eigenvalue weighted by Crippen LogP contribution is 2.13. The van der Waals surface area contributed by atoms with Gasteiger partial charge in [-0.05, 0) is 18.8 Å². The molecule has 0 aliphatic carbocycles. The van der Waals surface area contributed by atoms with E-state index in [1.165, 1.54) is 0 Å². The lowest BCUT2D eigenvalue weighted by atomic mass is 10.1. The first-order valence-corrected chi connectivity index (χ1v) is 7.23. The largest absolute Gasteiger partial charge is 0.356 e. The van der Waals surface area contributed by atoms with Crippen molar-refractivity contribution < 1.29 is 24.0 Å². The summed E-state index contributed by atoms with van der Waals surface area (Å²) in [4.78, 5) is 50.1. The Bertz CT molecular complexity index is 404. The lowest BCUT2D eigenvalue weighted by Gasteiger charge is -2.12. The van der Waals surface area contributed by atoms with E-state index in [0.29, 0.717) is 23.9 Å². The molecule has 0 saturated carbocycles. The number of imide groups is 1. The normalized spacial score (nSPS) is 14.7. The molecule has 1 aliphatic rings. The fourth-order valence-corrected chi connectivity index (χ4v) is 1.79. The van der Waals surface area contributed by atoms with Crippen molar-refractivity contribution >= 4 is 23.7 Å². The molecule has 118 valence electrons. The van der Waals surface area contributed by atoms with Crippen LogP contribution in [-0.2, 0) is 24.0 Å². The van der Waals surface area contributed by atoms with E-state index in [1.54, 1.807) is 0 Å². The van der Waals surface area contributed by atoms with E-state index in [2.05, 4.69) is 19.2 Å². The molecule has 0 unspecified atom stereocenters. The Hall–Kier alpha value is -1.92.